The molecular weight excluding hydrogens is 746 g/mol. The van der Waals surface area contributed by atoms with Crippen molar-refractivity contribution in [2.45, 2.75) is 213 Å². The number of phosphoric ester groups is 1. The first-order valence-electron chi connectivity index (χ1n) is 23.8. The van der Waals surface area contributed by atoms with Gasteiger partial charge in [0.05, 0.1) is 19.8 Å². The van der Waals surface area contributed by atoms with E-state index in [1.54, 1.807) is 0 Å². The predicted molar refractivity (Wildman–Crippen MR) is 247 cm³/mol. The van der Waals surface area contributed by atoms with Crippen LogP contribution in [0.3, 0.4) is 0 Å². The molecule has 0 saturated carbocycles. The highest BCUT2D eigenvalue weighted by Crippen LogP contribution is 2.43. The van der Waals surface area contributed by atoms with E-state index < -0.39 is 13.9 Å². The number of carbonyl (C=O) groups excluding carboxylic acids is 1. The number of carbonyl (C=O) groups is 1. The van der Waals surface area contributed by atoms with Gasteiger partial charge in [0.25, 0.3) is 0 Å². The molecule has 0 radical (unpaired) electrons. The molecule has 0 aliphatic rings. The van der Waals surface area contributed by atoms with Crippen LogP contribution in [-0.2, 0) is 27.9 Å². The van der Waals surface area contributed by atoms with Gasteiger partial charge in [-0.2, -0.15) is 0 Å². The van der Waals surface area contributed by atoms with Crippen LogP contribution in [-0.4, -0.2) is 49.9 Å². The van der Waals surface area contributed by atoms with Gasteiger partial charge < -0.3 is 20.1 Å². The van der Waals surface area contributed by atoms with E-state index in [0.29, 0.717) is 13.0 Å². The van der Waals surface area contributed by atoms with Gasteiger partial charge >= 0.3 is 13.8 Å². The van der Waals surface area contributed by atoms with Crippen molar-refractivity contribution in [2.24, 2.45) is 5.73 Å². The number of phosphoric acid groups is 1. The van der Waals surface area contributed by atoms with Crippen LogP contribution in [0.1, 0.15) is 206 Å². The minimum Gasteiger partial charge on any atom is -0.457 e. The fourth-order valence-corrected chi connectivity index (χ4v) is 7.26. The van der Waals surface area contributed by atoms with Gasteiger partial charge in [0.1, 0.15) is 6.10 Å². The molecule has 0 aromatic rings. The maximum atomic E-state index is 12.6. The first-order valence-corrected chi connectivity index (χ1v) is 25.3. The fraction of sp³-hybridized carbons (Fsp3) is 0.776. The van der Waals surface area contributed by atoms with Gasteiger partial charge in [0, 0.05) is 19.6 Å². The second kappa shape index (κ2) is 46.3. The normalized spacial score (nSPS) is 13.9. The van der Waals surface area contributed by atoms with Crippen molar-refractivity contribution in [1.29, 1.82) is 0 Å². The van der Waals surface area contributed by atoms with Crippen molar-refractivity contribution in [1.82, 2.24) is 0 Å². The number of hydrogen-bond acceptors (Lipinski definition) is 7. The lowest BCUT2D eigenvalue weighted by molar-refractivity contribution is -0.154. The molecule has 58 heavy (non-hydrogen) atoms. The van der Waals surface area contributed by atoms with Crippen molar-refractivity contribution in [3.05, 3.63) is 60.8 Å². The molecular formula is C49H90NO7P. The van der Waals surface area contributed by atoms with Crippen molar-refractivity contribution < 1.29 is 32.8 Å². The molecule has 3 N–H and O–H groups in total. The summed E-state index contributed by atoms with van der Waals surface area (Å²) in [6.45, 7) is 4.82. The van der Waals surface area contributed by atoms with E-state index in [4.69, 9.17) is 24.3 Å². The number of ether oxygens (including phenoxy) is 2. The lowest BCUT2D eigenvalue weighted by Gasteiger charge is -2.20. The van der Waals surface area contributed by atoms with E-state index in [-0.39, 0.29) is 32.3 Å². The third-order valence-corrected chi connectivity index (χ3v) is 10.9. The van der Waals surface area contributed by atoms with Crippen LogP contribution >= 0.6 is 7.82 Å². The third-order valence-electron chi connectivity index (χ3n) is 9.95. The number of esters is 1. The zero-order valence-electron chi connectivity index (χ0n) is 37.5. The Kier molecular flexibility index (Phi) is 44.8. The molecule has 0 bridgehead atoms. The Morgan fingerprint density at radius 1 is 0.534 bits per heavy atom. The molecule has 0 saturated heterocycles. The van der Waals surface area contributed by atoms with E-state index in [0.717, 1.165) is 70.6 Å². The van der Waals surface area contributed by atoms with Crippen LogP contribution < -0.4 is 5.73 Å². The number of rotatable bonds is 45. The van der Waals surface area contributed by atoms with E-state index in [1.807, 2.05) is 0 Å². The summed E-state index contributed by atoms with van der Waals surface area (Å²) in [5.74, 6) is -0.340. The van der Waals surface area contributed by atoms with E-state index in [9.17, 15) is 14.3 Å². The first kappa shape index (κ1) is 56.2. The Bertz CT molecular complexity index is 1070. The molecule has 0 amide bonds. The Balaban J connectivity index is 4.01. The molecule has 2 unspecified atom stereocenters. The largest absolute Gasteiger partial charge is 0.472 e. The Morgan fingerprint density at radius 3 is 1.45 bits per heavy atom. The molecule has 0 heterocycles. The molecule has 0 spiro atoms. The molecule has 9 heteroatoms. The van der Waals surface area contributed by atoms with Gasteiger partial charge in [-0.3, -0.25) is 13.8 Å². The van der Waals surface area contributed by atoms with Crippen LogP contribution in [0, 0.1) is 0 Å². The molecule has 0 aromatic heterocycles. The summed E-state index contributed by atoms with van der Waals surface area (Å²) in [4.78, 5) is 22.5. The number of unbranched alkanes of at least 4 members (excludes halogenated alkanes) is 22. The highest BCUT2D eigenvalue weighted by atomic mass is 31.2. The minimum absolute atomic E-state index is 0.0971. The van der Waals surface area contributed by atoms with Crippen LogP contribution in [0.15, 0.2) is 60.8 Å². The van der Waals surface area contributed by atoms with Gasteiger partial charge in [-0.25, -0.2) is 4.57 Å². The van der Waals surface area contributed by atoms with Gasteiger partial charge in [0.2, 0.25) is 0 Å². The second-order valence-electron chi connectivity index (χ2n) is 15.6. The van der Waals surface area contributed by atoms with Crippen LogP contribution in [0.25, 0.3) is 0 Å². The van der Waals surface area contributed by atoms with Gasteiger partial charge in [-0.15, -0.1) is 0 Å². The Hall–Kier alpha value is -1.80. The average molecular weight is 836 g/mol. The van der Waals surface area contributed by atoms with Gasteiger partial charge in [0.15, 0.2) is 0 Å². The Labute approximate surface area is 357 Å². The zero-order chi connectivity index (χ0) is 42.3. The monoisotopic (exact) mass is 836 g/mol. The smallest absolute Gasteiger partial charge is 0.457 e. The SMILES string of the molecule is CC/C=C\C/C=C\C/C=C\C/C=C\C/C=C\CCCCCCCCCC(=O)OC(COCCCCCCCCCCCCCCCCCC)COP(=O)(O)OCCN. The molecule has 0 fully saturated rings. The number of nitrogens with two attached hydrogens (primary N) is 1. The highest BCUT2D eigenvalue weighted by molar-refractivity contribution is 7.47. The molecule has 2 atom stereocenters. The summed E-state index contributed by atoms with van der Waals surface area (Å²) in [7, 11) is -4.28. The molecule has 0 aliphatic heterocycles. The lowest BCUT2D eigenvalue weighted by Crippen LogP contribution is -2.28. The van der Waals surface area contributed by atoms with Crippen molar-refractivity contribution in [3.63, 3.8) is 0 Å². The highest BCUT2D eigenvalue weighted by Gasteiger charge is 2.25. The van der Waals surface area contributed by atoms with Crippen molar-refractivity contribution in [3.8, 4) is 0 Å². The van der Waals surface area contributed by atoms with Crippen LogP contribution in [0.2, 0.25) is 0 Å². The van der Waals surface area contributed by atoms with Gasteiger partial charge in [-0.1, -0.05) is 203 Å². The minimum atomic E-state index is -4.28. The van der Waals surface area contributed by atoms with Gasteiger partial charge in [-0.05, 0) is 57.8 Å². The predicted octanol–water partition coefficient (Wildman–Crippen LogP) is 14.5. The maximum absolute atomic E-state index is 12.6. The molecule has 8 nitrogen and oxygen atoms in total. The third kappa shape index (κ3) is 45.3. The van der Waals surface area contributed by atoms with Crippen LogP contribution in [0.4, 0.5) is 0 Å². The first-order chi connectivity index (χ1) is 28.4. The van der Waals surface area contributed by atoms with Crippen LogP contribution in [0.5, 0.6) is 0 Å². The van der Waals surface area contributed by atoms with E-state index in [2.05, 4.69) is 74.6 Å². The Morgan fingerprint density at radius 2 is 0.966 bits per heavy atom. The molecule has 0 aromatic carbocycles. The quantitative estimate of drug-likeness (QED) is 0.0269. The number of allylic oxidation sites excluding steroid dienone is 10. The average Bonchev–Trinajstić information content (AvgIpc) is 3.21. The van der Waals surface area contributed by atoms with Crippen molar-refractivity contribution in [2.75, 3.05) is 33.0 Å². The molecule has 0 rings (SSSR count). The fourth-order valence-electron chi connectivity index (χ4n) is 6.49. The summed E-state index contributed by atoms with van der Waals surface area (Å²) >= 11 is 0. The maximum Gasteiger partial charge on any atom is 0.472 e. The molecule has 338 valence electrons. The summed E-state index contributed by atoms with van der Waals surface area (Å²) in [6.07, 6.45) is 56.7. The number of hydrogen-bond donors (Lipinski definition) is 2. The lowest BCUT2D eigenvalue weighted by atomic mass is 10.0. The standard InChI is InChI=1S/C49H90NO7P/c1-3-5-7-9-11-13-15-17-19-21-22-23-24-25-26-27-28-30-32-34-36-38-40-42-49(51)57-48(47-56-58(52,53)55-45-43-50)46-54-44-41-39-37-35-33-31-29-20-18-16-14-12-10-8-6-4-2/h5,7,11,13,17,19,22-23,25-26,48H,3-4,6,8-10,12,14-16,18,20-21,24,27-47,50H2,1-2H3,(H,52,53)/b7-5-,13-11-,19-17-,23-22-,26-25-. The summed E-state index contributed by atoms with van der Waals surface area (Å²) in [6, 6.07) is 0. The van der Waals surface area contributed by atoms with E-state index in [1.165, 1.54) is 116 Å². The summed E-state index contributed by atoms with van der Waals surface area (Å²) in [5, 5.41) is 0. The topological polar surface area (TPSA) is 117 Å². The van der Waals surface area contributed by atoms with E-state index >= 15 is 0 Å². The molecule has 0 aliphatic carbocycles. The second-order valence-corrected chi connectivity index (χ2v) is 17.1. The zero-order valence-corrected chi connectivity index (χ0v) is 38.4. The summed E-state index contributed by atoms with van der Waals surface area (Å²) in [5.41, 5.74) is 5.38. The van der Waals surface area contributed by atoms with Crippen molar-refractivity contribution >= 4 is 13.8 Å². The summed E-state index contributed by atoms with van der Waals surface area (Å²) < 4.78 is 33.5.